The molecule has 0 spiro atoms. The molecule has 0 radical (unpaired) electrons. The Hall–Kier alpha value is -0.180. The fourth-order valence-corrected chi connectivity index (χ4v) is 2.84. The van der Waals surface area contributed by atoms with Crippen LogP contribution in [0, 0.1) is 11.3 Å². The maximum Gasteiger partial charge on any atom is 0.156 e. The minimum Gasteiger partial charge on any atom is -0.361 e. The second-order valence-electron chi connectivity index (χ2n) is 5.71. The largest absolute Gasteiger partial charge is 0.361 e. The van der Waals surface area contributed by atoms with Gasteiger partial charge < -0.3 is 5.32 Å². The van der Waals surface area contributed by atoms with Gasteiger partial charge in [0.05, 0.1) is 0 Å². The second kappa shape index (κ2) is 4.36. The molecule has 1 N–H and O–H groups in total. The molecule has 2 aliphatic rings. The van der Waals surface area contributed by atoms with Gasteiger partial charge in [-0.1, -0.05) is 32.5 Å². The number of rotatable bonds is 4. The van der Waals surface area contributed by atoms with Crippen LogP contribution >= 0.6 is 11.8 Å². The Bertz CT molecular complexity index is 256. The van der Waals surface area contributed by atoms with E-state index in [0.717, 1.165) is 12.5 Å². The quantitative estimate of drug-likeness (QED) is 0.797. The highest BCUT2D eigenvalue weighted by Gasteiger charge is 2.37. The molecule has 1 aliphatic heterocycles. The van der Waals surface area contributed by atoms with Crippen LogP contribution in [0.5, 0.6) is 0 Å². The van der Waals surface area contributed by atoms with Crippen molar-refractivity contribution in [2.45, 2.75) is 46.1 Å². The summed E-state index contributed by atoms with van der Waals surface area (Å²) >= 11 is 1.90. The first-order chi connectivity index (χ1) is 7.07. The van der Waals surface area contributed by atoms with Crippen molar-refractivity contribution in [2.24, 2.45) is 16.3 Å². The molecule has 2 rings (SSSR count). The molecule has 0 bridgehead atoms. The SMILES string of the molecule is CC(C)CC1CSC(=NCC2(C)CC2)N1. The normalized spacial score (nSPS) is 30.9. The topological polar surface area (TPSA) is 24.4 Å². The van der Waals surface area contributed by atoms with Gasteiger partial charge in [0.2, 0.25) is 0 Å². The zero-order valence-electron chi connectivity index (χ0n) is 10.0. The molecule has 0 aromatic rings. The fraction of sp³-hybridized carbons (Fsp3) is 0.917. The molecule has 0 amide bonds. The first-order valence-electron chi connectivity index (χ1n) is 6.01. The lowest BCUT2D eigenvalue weighted by Gasteiger charge is -2.12. The summed E-state index contributed by atoms with van der Waals surface area (Å²) in [5.41, 5.74) is 0.547. The molecule has 1 saturated carbocycles. The molecule has 1 heterocycles. The lowest BCUT2D eigenvalue weighted by Crippen LogP contribution is -2.28. The number of nitrogens with zero attached hydrogens (tertiary/aromatic N) is 1. The van der Waals surface area contributed by atoms with E-state index >= 15 is 0 Å². The number of hydrogen-bond acceptors (Lipinski definition) is 2. The number of hydrogen-bond donors (Lipinski definition) is 1. The molecule has 1 aliphatic carbocycles. The first-order valence-corrected chi connectivity index (χ1v) is 7.00. The minimum absolute atomic E-state index is 0.547. The van der Waals surface area contributed by atoms with Crippen LogP contribution in [0.4, 0.5) is 0 Å². The van der Waals surface area contributed by atoms with Crippen molar-refractivity contribution < 1.29 is 0 Å². The highest BCUT2D eigenvalue weighted by molar-refractivity contribution is 8.14. The van der Waals surface area contributed by atoms with Crippen LogP contribution in [-0.2, 0) is 0 Å². The summed E-state index contributed by atoms with van der Waals surface area (Å²) in [5.74, 6) is 1.98. The predicted molar refractivity (Wildman–Crippen MR) is 68.5 cm³/mol. The van der Waals surface area contributed by atoms with Gasteiger partial charge in [-0.25, -0.2) is 0 Å². The molecule has 0 aromatic carbocycles. The fourth-order valence-electron chi connectivity index (χ4n) is 1.86. The molecular formula is C12H22N2S. The van der Waals surface area contributed by atoms with Crippen molar-refractivity contribution in [3.63, 3.8) is 0 Å². The molecule has 3 heteroatoms. The Morgan fingerprint density at radius 3 is 2.87 bits per heavy atom. The van der Waals surface area contributed by atoms with Crippen LogP contribution in [0.2, 0.25) is 0 Å². The number of thioether (sulfide) groups is 1. The van der Waals surface area contributed by atoms with Crippen molar-refractivity contribution in [3.8, 4) is 0 Å². The maximum absolute atomic E-state index is 4.68. The average molecular weight is 226 g/mol. The van der Waals surface area contributed by atoms with Crippen molar-refractivity contribution in [1.82, 2.24) is 5.32 Å². The Morgan fingerprint density at radius 2 is 2.27 bits per heavy atom. The van der Waals surface area contributed by atoms with Crippen molar-refractivity contribution in [1.29, 1.82) is 0 Å². The lowest BCUT2D eigenvalue weighted by molar-refractivity contribution is 0.501. The molecule has 2 fully saturated rings. The summed E-state index contributed by atoms with van der Waals surface area (Å²) in [6, 6.07) is 0.653. The third kappa shape index (κ3) is 3.40. The highest BCUT2D eigenvalue weighted by Crippen LogP contribution is 2.45. The van der Waals surface area contributed by atoms with Gasteiger partial charge in [-0.3, -0.25) is 4.99 Å². The molecule has 1 saturated heterocycles. The summed E-state index contributed by atoms with van der Waals surface area (Å²) in [7, 11) is 0. The lowest BCUT2D eigenvalue weighted by atomic mass is 10.1. The van der Waals surface area contributed by atoms with E-state index in [-0.39, 0.29) is 0 Å². The smallest absolute Gasteiger partial charge is 0.156 e. The van der Waals surface area contributed by atoms with E-state index in [1.807, 2.05) is 11.8 Å². The van der Waals surface area contributed by atoms with Gasteiger partial charge in [0.25, 0.3) is 0 Å². The molecular weight excluding hydrogens is 204 g/mol. The Kier molecular flexibility index (Phi) is 3.29. The molecule has 15 heavy (non-hydrogen) atoms. The first kappa shape index (κ1) is 11.3. The maximum atomic E-state index is 4.68. The Morgan fingerprint density at radius 1 is 1.53 bits per heavy atom. The average Bonchev–Trinajstić information content (AvgIpc) is 2.73. The zero-order chi connectivity index (χ0) is 10.9. The third-order valence-corrected chi connectivity index (χ3v) is 4.30. The van der Waals surface area contributed by atoms with Crippen LogP contribution in [0.25, 0.3) is 0 Å². The second-order valence-corrected chi connectivity index (χ2v) is 6.72. The van der Waals surface area contributed by atoms with Crippen LogP contribution < -0.4 is 5.32 Å². The van der Waals surface area contributed by atoms with Gasteiger partial charge in [0, 0.05) is 18.3 Å². The van der Waals surface area contributed by atoms with Crippen LogP contribution in [0.1, 0.15) is 40.0 Å². The van der Waals surface area contributed by atoms with E-state index in [1.54, 1.807) is 0 Å². The Labute approximate surface area is 97.3 Å². The van der Waals surface area contributed by atoms with Crippen molar-refractivity contribution in [3.05, 3.63) is 0 Å². The van der Waals surface area contributed by atoms with E-state index in [4.69, 9.17) is 0 Å². The number of nitrogens with one attached hydrogen (secondary N) is 1. The third-order valence-electron chi connectivity index (χ3n) is 3.21. The minimum atomic E-state index is 0.547. The van der Waals surface area contributed by atoms with Crippen LogP contribution in [0.3, 0.4) is 0 Å². The predicted octanol–water partition coefficient (Wildman–Crippen LogP) is 2.89. The summed E-state index contributed by atoms with van der Waals surface area (Å²) in [5, 5.41) is 4.72. The zero-order valence-corrected chi connectivity index (χ0v) is 10.9. The van der Waals surface area contributed by atoms with Crippen LogP contribution in [0.15, 0.2) is 4.99 Å². The summed E-state index contributed by atoms with van der Waals surface area (Å²) in [6.07, 6.45) is 4.00. The van der Waals surface area contributed by atoms with E-state index in [9.17, 15) is 0 Å². The molecule has 1 unspecified atom stereocenters. The van der Waals surface area contributed by atoms with Gasteiger partial charge in [-0.05, 0) is 30.6 Å². The summed E-state index contributed by atoms with van der Waals surface area (Å²) in [6.45, 7) is 7.93. The Balaban J connectivity index is 1.76. The highest BCUT2D eigenvalue weighted by atomic mass is 32.2. The molecule has 2 nitrogen and oxygen atoms in total. The number of amidine groups is 1. The van der Waals surface area contributed by atoms with Crippen LogP contribution in [-0.4, -0.2) is 23.5 Å². The summed E-state index contributed by atoms with van der Waals surface area (Å²) < 4.78 is 0. The van der Waals surface area contributed by atoms with E-state index in [2.05, 4.69) is 31.1 Å². The van der Waals surface area contributed by atoms with E-state index in [1.165, 1.54) is 30.2 Å². The van der Waals surface area contributed by atoms with Gasteiger partial charge in [0.15, 0.2) is 5.17 Å². The standard InChI is InChI=1S/C12H22N2S/c1-9(2)6-10-7-15-11(14-10)13-8-12(3)4-5-12/h9-10H,4-8H2,1-3H3,(H,13,14). The molecule has 0 aromatic heterocycles. The monoisotopic (exact) mass is 226 g/mol. The number of aliphatic imine (C=N–C) groups is 1. The van der Waals surface area contributed by atoms with Gasteiger partial charge in [0.1, 0.15) is 0 Å². The van der Waals surface area contributed by atoms with E-state index in [0.29, 0.717) is 11.5 Å². The van der Waals surface area contributed by atoms with E-state index < -0.39 is 0 Å². The van der Waals surface area contributed by atoms with Crippen molar-refractivity contribution in [2.75, 3.05) is 12.3 Å². The van der Waals surface area contributed by atoms with Gasteiger partial charge in [-0.2, -0.15) is 0 Å². The molecule has 1 atom stereocenters. The van der Waals surface area contributed by atoms with Crippen molar-refractivity contribution >= 4 is 16.9 Å². The molecule has 86 valence electrons. The summed E-state index contributed by atoms with van der Waals surface area (Å²) in [4.78, 5) is 4.68. The van der Waals surface area contributed by atoms with Gasteiger partial charge >= 0.3 is 0 Å². The van der Waals surface area contributed by atoms with Gasteiger partial charge in [-0.15, -0.1) is 0 Å².